The molecule has 0 atom stereocenters. The Labute approximate surface area is 91.6 Å². The molecule has 0 aromatic rings. The average molecular weight is 211 g/mol. The Kier molecular flexibility index (Phi) is 4.82. The number of carbonyl (C=O) groups is 1. The van der Waals surface area contributed by atoms with Gasteiger partial charge in [-0.25, -0.2) is 0 Å². The third kappa shape index (κ3) is 3.67. The van der Waals surface area contributed by atoms with E-state index in [1.54, 1.807) is 6.08 Å². The molecule has 3 heteroatoms. The Morgan fingerprint density at radius 1 is 1.40 bits per heavy atom. The zero-order valence-electron chi connectivity index (χ0n) is 9.46. The summed E-state index contributed by atoms with van der Waals surface area (Å²) in [6, 6.07) is 0. The van der Waals surface area contributed by atoms with Crippen LogP contribution in [0.3, 0.4) is 0 Å². The Balaban J connectivity index is 2.42. The van der Waals surface area contributed by atoms with Crippen LogP contribution in [0.2, 0.25) is 0 Å². The summed E-state index contributed by atoms with van der Waals surface area (Å²) < 4.78 is 0. The fourth-order valence-corrected chi connectivity index (χ4v) is 2.18. The normalized spacial score (nSPS) is 20.4. The van der Waals surface area contributed by atoms with E-state index < -0.39 is 0 Å². The minimum Gasteiger partial charge on any atom is -0.396 e. The predicted molar refractivity (Wildman–Crippen MR) is 60.4 cm³/mol. The van der Waals surface area contributed by atoms with E-state index in [-0.39, 0.29) is 17.9 Å². The Morgan fingerprint density at radius 2 is 2.07 bits per heavy atom. The van der Waals surface area contributed by atoms with E-state index in [9.17, 15) is 9.90 Å². The van der Waals surface area contributed by atoms with Gasteiger partial charge in [-0.2, -0.15) is 0 Å². The Morgan fingerprint density at radius 3 is 2.60 bits per heavy atom. The van der Waals surface area contributed by atoms with E-state index in [4.69, 9.17) is 0 Å². The van der Waals surface area contributed by atoms with Crippen LogP contribution in [0.4, 0.5) is 0 Å². The van der Waals surface area contributed by atoms with E-state index >= 15 is 0 Å². The van der Waals surface area contributed by atoms with Crippen LogP contribution in [0.1, 0.15) is 39.0 Å². The summed E-state index contributed by atoms with van der Waals surface area (Å²) in [7, 11) is 0. The van der Waals surface area contributed by atoms with E-state index in [0.29, 0.717) is 6.54 Å². The van der Waals surface area contributed by atoms with Crippen molar-refractivity contribution >= 4 is 5.91 Å². The molecule has 86 valence electrons. The molecule has 1 aliphatic carbocycles. The molecule has 3 nitrogen and oxygen atoms in total. The number of nitrogens with one attached hydrogen (secondary N) is 1. The maximum atomic E-state index is 11.3. The van der Waals surface area contributed by atoms with Gasteiger partial charge < -0.3 is 10.4 Å². The van der Waals surface area contributed by atoms with Crippen LogP contribution in [-0.2, 0) is 4.79 Å². The fraction of sp³-hybridized carbons (Fsp3) is 0.750. The number of allylic oxidation sites excluding steroid dienone is 1. The highest BCUT2D eigenvalue weighted by atomic mass is 16.3. The third-order valence-electron chi connectivity index (χ3n) is 3.21. The molecule has 0 aromatic heterocycles. The highest BCUT2D eigenvalue weighted by molar-refractivity contribution is 5.87. The monoisotopic (exact) mass is 211 g/mol. The summed E-state index contributed by atoms with van der Waals surface area (Å²) in [5.74, 6) is -0.0594. The maximum absolute atomic E-state index is 11.3. The topological polar surface area (TPSA) is 49.3 Å². The van der Waals surface area contributed by atoms with Gasteiger partial charge in [-0.05, 0) is 25.8 Å². The number of amides is 1. The van der Waals surface area contributed by atoms with Gasteiger partial charge in [0.15, 0.2) is 0 Å². The molecule has 0 spiro atoms. The lowest BCUT2D eigenvalue weighted by Crippen LogP contribution is -2.40. The molecule has 0 bridgehead atoms. The molecule has 1 aliphatic rings. The second-order valence-electron chi connectivity index (χ2n) is 4.44. The van der Waals surface area contributed by atoms with Crippen LogP contribution >= 0.6 is 0 Å². The quantitative estimate of drug-likeness (QED) is 0.694. The second kappa shape index (κ2) is 5.91. The fourth-order valence-electron chi connectivity index (χ4n) is 2.18. The first-order valence-corrected chi connectivity index (χ1v) is 5.74. The molecule has 0 heterocycles. The van der Waals surface area contributed by atoms with Crippen molar-refractivity contribution in [2.75, 3.05) is 13.2 Å². The van der Waals surface area contributed by atoms with Crippen LogP contribution in [0.15, 0.2) is 12.2 Å². The SMILES string of the molecule is C/C=C/C(=O)NCC1(CO)CCCCC1. The summed E-state index contributed by atoms with van der Waals surface area (Å²) in [5, 5.41) is 12.3. The highest BCUT2D eigenvalue weighted by Crippen LogP contribution is 2.35. The molecule has 0 aromatic carbocycles. The molecule has 1 fully saturated rings. The number of rotatable bonds is 4. The average Bonchev–Trinajstić information content (AvgIpc) is 2.28. The van der Waals surface area contributed by atoms with E-state index in [0.717, 1.165) is 12.8 Å². The zero-order valence-corrected chi connectivity index (χ0v) is 9.46. The smallest absolute Gasteiger partial charge is 0.243 e. The maximum Gasteiger partial charge on any atom is 0.243 e. The van der Waals surface area contributed by atoms with Gasteiger partial charge in [0, 0.05) is 12.0 Å². The van der Waals surface area contributed by atoms with E-state index in [1.807, 2.05) is 6.92 Å². The van der Waals surface area contributed by atoms with Crippen molar-refractivity contribution in [3.63, 3.8) is 0 Å². The number of hydrogen-bond donors (Lipinski definition) is 2. The van der Waals surface area contributed by atoms with Crippen LogP contribution in [0, 0.1) is 5.41 Å². The number of aliphatic hydroxyl groups is 1. The first-order chi connectivity index (χ1) is 7.22. The van der Waals surface area contributed by atoms with Crippen molar-refractivity contribution in [1.82, 2.24) is 5.32 Å². The minimum atomic E-state index is -0.0600. The van der Waals surface area contributed by atoms with Crippen molar-refractivity contribution in [2.24, 2.45) is 5.41 Å². The van der Waals surface area contributed by atoms with Gasteiger partial charge in [-0.15, -0.1) is 0 Å². The van der Waals surface area contributed by atoms with Crippen LogP contribution in [0.5, 0.6) is 0 Å². The summed E-state index contributed by atoms with van der Waals surface area (Å²) in [5.41, 5.74) is -0.0600. The van der Waals surface area contributed by atoms with Crippen molar-refractivity contribution in [1.29, 1.82) is 0 Å². The van der Waals surface area contributed by atoms with Gasteiger partial charge in [0.25, 0.3) is 0 Å². The second-order valence-corrected chi connectivity index (χ2v) is 4.44. The lowest BCUT2D eigenvalue weighted by Gasteiger charge is -2.35. The number of hydrogen-bond acceptors (Lipinski definition) is 2. The van der Waals surface area contributed by atoms with E-state index in [1.165, 1.54) is 25.3 Å². The molecule has 15 heavy (non-hydrogen) atoms. The largest absolute Gasteiger partial charge is 0.396 e. The Hall–Kier alpha value is -0.830. The molecular weight excluding hydrogens is 190 g/mol. The zero-order chi connectivity index (χ0) is 11.1. The lowest BCUT2D eigenvalue weighted by molar-refractivity contribution is -0.117. The van der Waals surface area contributed by atoms with Crippen molar-refractivity contribution in [2.45, 2.75) is 39.0 Å². The van der Waals surface area contributed by atoms with Gasteiger partial charge in [-0.1, -0.05) is 25.3 Å². The molecule has 0 radical (unpaired) electrons. The summed E-state index contributed by atoms with van der Waals surface area (Å²) in [6.07, 6.45) is 8.89. The Bertz CT molecular complexity index is 230. The molecule has 1 saturated carbocycles. The lowest BCUT2D eigenvalue weighted by atomic mass is 9.74. The molecule has 0 saturated heterocycles. The minimum absolute atomic E-state index is 0.0594. The van der Waals surface area contributed by atoms with Gasteiger partial charge in [0.2, 0.25) is 5.91 Å². The highest BCUT2D eigenvalue weighted by Gasteiger charge is 2.31. The summed E-state index contributed by atoms with van der Waals surface area (Å²) in [4.78, 5) is 11.3. The summed E-state index contributed by atoms with van der Waals surface area (Å²) in [6.45, 7) is 2.61. The molecular formula is C12H21NO2. The third-order valence-corrected chi connectivity index (χ3v) is 3.21. The molecule has 1 amide bonds. The van der Waals surface area contributed by atoms with Crippen molar-refractivity contribution in [3.8, 4) is 0 Å². The van der Waals surface area contributed by atoms with Gasteiger partial charge >= 0.3 is 0 Å². The number of carbonyl (C=O) groups excluding carboxylic acids is 1. The van der Waals surface area contributed by atoms with Crippen molar-refractivity contribution < 1.29 is 9.90 Å². The first-order valence-electron chi connectivity index (χ1n) is 5.74. The number of aliphatic hydroxyl groups excluding tert-OH is 1. The van der Waals surface area contributed by atoms with Gasteiger partial charge in [0.05, 0.1) is 6.61 Å². The van der Waals surface area contributed by atoms with Crippen LogP contribution < -0.4 is 5.32 Å². The van der Waals surface area contributed by atoms with Crippen LogP contribution in [0.25, 0.3) is 0 Å². The molecule has 0 aliphatic heterocycles. The molecule has 2 N–H and O–H groups in total. The standard InChI is InChI=1S/C12H21NO2/c1-2-6-11(15)13-9-12(10-14)7-4-3-5-8-12/h2,6,14H,3-5,7-10H2,1H3,(H,13,15)/b6-2+. The molecule has 1 rings (SSSR count). The van der Waals surface area contributed by atoms with Crippen molar-refractivity contribution in [3.05, 3.63) is 12.2 Å². The van der Waals surface area contributed by atoms with E-state index in [2.05, 4.69) is 5.32 Å². The molecule has 0 unspecified atom stereocenters. The summed E-state index contributed by atoms with van der Waals surface area (Å²) >= 11 is 0. The van der Waals surface area contributed by atoms with Gasteiger partial charge in [-0.3, -0.25) is 4.79 Å². The van der Waals surface area contributed by atoms with Gasteiger partial charge in [0.1, 0.15) is 0 Å². The predicted octanol–water partition coefficient (Wildman–Crippen LogP) is 1.62. The van der Waals surface area contributed by atoms with Crippen LogP contribution in [-0.4, -0.2) is 24.2 Å². The first kappa shape index (κ1) is 12.2.